The summed E-state index contributed by atoms with van der Waals surface area (Å²) in [7, 11) is 0. The number of benzene rings is 1. The minimum atomic E-state index is 0.00999. The van der Waals surface area contributed by atoms with E-state index in [2.05, 4.69) is 17.2 Å². The SMILES string of the molecule is CCC(=O)Nc1ccc(C#CCN)cc1. The molecule has 1 amide bonds. The van der Waals surface area contributed by atoms with Crippen molar-refractivity contribution >= 4 is 11.6 Å². The number of hydrogen-bond acceptors (Lipinski definition) is 2. The maximum absolute atomic E-state index is 11.1. The zero-order valence-electron chi connectivity index (χ0n) is 8.71. The third-order valence-electron chi connectivity index (χ3n) is 1.82. The largest absolute Gasteiger partial charge is 0.326 e. The Bertz CT molecular complexity index is 384. The Labute approximate surface area is 89.7 Å². The summed E-state index contributed by atoms with van der Waals surface area (Å²) in [5, 5.41) is 2.76. The quantitative estimate of drug-likeness (QED) is 0.711. The molecule has 0 fully saturated rings. The number of rotatable bonds is 2. The molecule has 0 unspecified atom stereocenters. The van der Waals surface area contributed by atoms with Crippen molar-refractivity contribution in [1.29, 1.82) is 0 Å². The average Bonchev–Trinajstić information content (AvgIpc) is 2.28. The van der Waals surface area contributed by atoms with Crippen molar-refractivity contribution in [2.75, 3.05) is 11.9 Å². The van der Waals surface area contributed by atoms with E-state index < -0.39 is 0 Å². The summed E-state index contributed by atoms with van der Waals surface area (Å²) in [4.78, 5) is 11.1. The van der Waals surface area contributed by atoms with Crippen molar-refractivity contribution in [2.45, 2.75) is 13.3 Å². The molecule has 0 saturated carbocycles. The number of anilines is 1. The number of amides is 1. The maximum Gasteiger partial charge on any atom is 0.224 e. The third-order valence-corrected chi connectivity index (χ3v) is 1.82. The van der Waals surface area contributed by atoms with E-state index in [-0.39, 0.29) is 5.91 Å². The van der Waals surface area contributed by atoms with Gasteiger partial charge >= 0.3 is 0 Å². The van der Waals surface area contributed by atoms with Crippen molar-refractivity contribution in [1.82, 2.24) is 0 Å². The molecule has 1 aromatic rings. The van der Waals surface area contributed by atoms with Gasteiger partial charge in [-0.2, -0.15) is 0 Å². The molecule has 3 nitrogen and oxygen atoms in total. The van der Waals surface area contributed by atoms with Gasteiger partial charge in [0.25, 0.3) is 0 Å². The first-order chi connectivity index (χ1) is 7.26. The molecule has 0 saturated heterocycles. The molecule has 1 rings (SSSR count). The summed E-state index contributed by atoms with van der Waals surface area (Å²) in [5.74, 6) is 5.69. The van der Waals surface area contributed by atoms with Crippen LogP contribution in [0.25, 0.3) is 0 Å². The first kappa shape index (κ1) is 11.3. The average molecular weight is 202 g/mol. The van der Waals surface area contributed by atoms with Crippen molar-refractivity contribution in [3.63, 3.8) is 0 Å². The minimum Gasteiger partial charge on any atom is -0.326 e. The van der Waals surface area contributed by atoms with Gasteiger partial charge in [-0.05, 0) is 24.3 Å². The van der Waals surface area contributed by atoms with Crippen LogP contribution >= 0.6 is 0 Å². The topological polar surface area (TPSA) is 55.1 Å². The molecule has 78 valence electrons. The van der Waals surface area contributed by atoms with Crippen molar-refractivity contribution in [3.8, 4) is 11.8 Å². The molecule has 0 aliphatic heterocycles. The van der Waals surface area contributed by atoms with E-state index in [9.17, 15) is 4.79 Å². The third kappa shape index (κ3) is 3.84. The second-order valence-corrected chi connectivity index (χ2v) is 2.98. The van der Waals surface area contributed by atoms with Crippen LogP contribution in [0.4, 0.5) is 5.69 Å². The van der Waals surface area contributed by atoms with E-state index in [4.69, 9.17) is 5.73 Å². The normalized spacial score (nSPS) is 8.93. The van der Waals surface area contributed by atoms with Crippen LogP contribution < -0.4 is 11.1 Å². The molecule has 0 aliphatic carbocycles. The zero-order valence-corrected chi connectivity index (χ0v) is 8.71. The molecular weight excluding hydrogens is 188 g/mol. The first-order valence-electron chi connectivity index (χ1n) is 4.85. The summed E-state index contributed by atoms with van der Waals surface area (Å²) >= 11 is 0. The molecule has 0 spiro atoms. The zero-order chi connectivity index (χ0) is 11.1. The van der Waals surface area contributed by atoms with E-state index in [1.54, 1.807) is 0 Å². The van der Waals surface area contributed by atoms with Gasteiger partial charge in [0.15, 0.2) is 0 Å². The molecule has 0 aromatic heterocycles. The van der Waals surface area contributed by atoms with Crippen LogP contribution in [0.5, 0.6) is 0 Å². The molecular formula is C12H14N2O. The number of carbonyl (C=O) groups is 1. The van der Waals surface area contributed by atoms with Gasteiger partial charge in [-0.3, -0.25) is 4.79 Å². The Hall–Kier alpha value is -1.79. The molecule has 0 bridgehead atoms. The minimum absolute atomic E-state index is 0.00999. The molecule has 1 aromatic carbocycles. The Morgan fingerprint density at radius 2 is 2.07 bits per heavy atom. The van der Waals surface area contributed by atoms with E-state index in [0.717, 1.165) is 11.3 Å². The molecule has 0 aliphatic rings. The van der Waals surface area contributed by atoms with Crippen molar-refractivity contribution < 1.29 is 4.79 Å². The highest BCUT2D eigenvalue weighted by Gasteiger charge is 1.97. The Morgan fingerprint density at radius 3 is 2.60 bits per heavy atom. The van der Waals surface area contributed by atoms with Crippen LogP contribution in [0.15, 0.2) is 24.3 Å². The second kappa shape index (κ2) is 5.84. The fraction of sp³-hybridized carbons (Fsp3) is 0.250. The number of nitrogens with two attached hydrogens (primary N) is 1. The van der Waals surface area contributed by atoms with Gasteiger partial charge in [0.2, 0.25) is 5.91 Å². The predicted octanol–water partition coefficient (Wildman–Crippen LogP) is 1.35. The van der Waals surface area contributed by atoms with Gasteiger partial charge < -0.3 is 11.1 Å². The highest BCUT2D eigenvalue weighted by atomic mass is 16.1. The Morgan fingerprint density at radius 1 is 1.40 bits per heavy atom. The molecule has 0 atom stereocenters. The standard InChI is InChI=1S/C12H14N2O/c1-2-12(15)14-11-7-5-10(6-8-11)4-3-9-13/h5-8H,2,9,13H2,1H3,(H,14,15). The number of hydrogen-bond donors (Lipinski definition) is 2. The van der Waals surface area contributed by atoms with E-state index in [0.29, 0.717) is 13.0 Å². The first-order valence-corrected chi connectivity index (χ1v) is 4.85. The van der Waals surface area contributed by atoms with Gasteiger partial charge in [0.05, 0.1) is 6.54 Å². The fourth-order valence-electron chi connectivity index (χ4n) is 1.04. The second-order valence-electron chi connectivity index (χ2n) is 2.98. The molecule has 3 heteroatoms. The van der Waals surface area contributed by atoms with E-state index in [1.165, 1.54) is 0 Å². The Kier molecular flexibility index (Phi) is 4.39. The van der Waals surface area contributed by atoms with Crippen LogP contribution in [0.3, 0.4) is 0 Å². The predicted molar refractivity (Wildman–Crippen MR) is 61.3 cm³/mol. The molecule has 3 N–H and O–H groups in total. The maximum atomic E-state index is 11.1. The Balaban J connectivity index is 2.68. The van der Waals surface area contributed by atoms with Crippen molar-refractivity contribution in [2.24, 2.45) is 5.73 Å². The van der Waals surface area contributed by atoms with Crippen LogP contribution in [0, 0.1) is 11.8 Å². The monoisotopic (exact) mass is 202 g/mol. The van der Waals surface area contributed by atoms with Crippen molar-refractivity contribution in [3.05, 3.63) is 29.8 Å². The molecule has 15 heavy (non-hydrogen) atoms. The van der Waals surface area contributed by atoms with Gasteiger partial charge in [0.1, 0.15) is 0 Å². The summed E-state index contributed by atoms with van der Waals surface area (Å²) in [6, 6.07) is 7.37. The van der Waals surface area contributed by atoms with Gasteiger partial charge in [-0.15, -0.1) is 0 Å². The summed E-state index contributed by atoms with van der Waals surface area (Å²) in [6.07, 6.45) is 0.481. The lowest BCUT2D eigenvalue weighted by atomic mass is 10.2. The van der Waals surface area contributed by atoms with E-state index >= 15 is 0 Å². The number of carbonyl (C=O) groups excluding carboxylic acids is 1. The molecule has 0 radical (unpaired) electrons. The smallest absolute Gasteiger partial charge is 0.224 e. The lowest BCUT2D eigenvalue weighted by molar-refractivity contribution is -0.115. The lowest BCUT2D eigenvalue weighted by Gasteiger charge is -2.02. The van der Waals surface area contributed by atoms with Gasteiger partial charge in [-0.25, -0.2) is 0 Å². The summed E-state index contributed by atoms with van der Waals surface area (Å²) in [6.45, 7) is 2.17. The van der Waals surface area contributed by atoms with Crippen LogP contribution in [0.1, 0.15) is 18.9 Å². The fourth-order valence-corrected chi connectivity index (χ4v) is 1.04. The van der Waals surface area contributed by atoms with Crippen LogP contribution in [0.2, 0.25) is 0 Å². The highest BCUT2D eigenvalue weighted by molar-refractivity contribution is 5.90. The van der Waals surface area contributed by atoms with Gasteiger partial charge in [-0.1, -0.05) is 18.8 Å². The summed E-state index contributed by atoms with van der Waals surface area (Å²) in [5.41, 5.74) is 6.95. The number of nitrogens with one attached hydrogen (secondary N) is 1. The highest BCUT2D eigenvalue weighted by Crippen LogP contribution is 2.08. The van der Waals surface area contributed by atoms with Crippen LogP contribution in [-0.4, -0.2) is 12.5 Å². The van der Waals surface area contributed by atoms with E-state index in [1.807, 2.05) is 31.2 Å². The van der Waals surface area contributed by atoms with Crippen LogP contribution in [-0.2, 0) is 4.79 Å². The molecule has 0 heterocycles. The van der Waals surface area contributed by atoms with Gasteiger partial charge in [0, 0.05) is 17.7 Å². The summed E-state index contributed by atoms with van der Waals surface area (Å²) < 4.78 is 0. The lowest BCUT2D eigenvalue weighted by Crippen LogP contribution is -2.09.